The van der Waals surface area contributed by atoms with E-state index in [0.717, 1.165) is 53.7 Å². The van der Waals surface area contributed by atoms with Gasteiger partial charge in [0.2, 0.25) is 11.8 Å². The second-order valence-corrected chi connectivity index (χ2v) is 11.8. The fraction of sp³-hybridized carbons (Fsp3) is 0.294. The molecule has 5 rings (SSSR count). The summed E-state index contributed by atoms with van der Waals surface area (Å²) in [5.74, 6) is -0.0691. The molecule has 45 heavy (non-hydrogen) atoms. The predicted octanol–water partition coefficient (Wildman–Crippen LogP) is 5.67. The van der Waals surface area contributed by atoms with E-state index in [1.165, 1.54) is 11.3 Å². The summed E-state index contributed by atoms with van der Waals surface area (Å²) in [7, 11) is 1.58. The Bertz CT molecular complexity index is 1610. The molecule has 10 nitrogen and oxygen atoms in total. The summed E-state index contributed by atoms with van der Waals surface area (Å²) in [5, 5.41) is 12.9. The maximum absolute atomic E-state index is 13.8. The first-order chi connectivity index (χ1) is 22.0. The average molecular weight is 629 g/mol. The minimum Gasteiger partial charge on any atom is -0.494 e. The maximum atomic E-state index is 13.8. The molecule has 4 aromatic rings. The van der Waals surface area contributed by atoms with Crippen LogP contribution in [0.25, 0.3) is 11.1 Å². The number of nitrogens with zero attached hydrogens (tertiary/aromatic N) is 2. The number of carbonyl (C=O) groups is 3. The van der Waals surface area contributed by atoms with Crippen molar-refractivity contribution in [1.29, 1.82) is 0 Å². The van der Waals surface area contributed by atoms with E-state index in [4.69, 9.17) is 14.7 Å². The summed E-state index contributed by atoms with van der Waals surface area (Å²) in [6, 6.07) is 22.1. The van der Waals surface area contributed by atoms with Gasteiger partial charge in [0.1, 0.15) is 16.8 Å². The largest absolute Gasteiger partial charge is 0.494 e. The minimum atomic E-state index is -0.798. The van der Waals surface area contributed by atoms with Crippen molar-refractivity contribution < 1.29 is 29.1 Å². The monoisotopic (exact) mass is 628 g/mol. The van der Waals surface area contributed by atoms with Crippen molar-refractivity contribution in [3.8, 4) is 21.9 Å². The Labute approximate surface area is 266 Å². The van der Waals surface area contributed by atoms with Crippen LogP contribution in [0.15, 0.2) is 79.0 Å². The molecule has 0 spiro atoms. The molecule has 3 aromatic carbocycles. The van der Waals surface area contributed by atoms with E-state index in [1.807, 2.05) is 72.8 Å². The topological polar surface area (TPSA) is 130 Å². The van der Waals surface area contributed by atoms with Gasteiger partial charge in [-0.3, -0.25) is 19.6 Å². The van der Waals surface area contributed by atoms with Crippen LogP contribution >= 0.6 is 11.3 Å². The molecule has 1 aliphatic rings. The van der Waals surface area contributed by atoms with E-state index in [2.05, 4.69) is 10.3 Å². The van der Waals surface area contributed by atoms with E-state index >= 15 is 0 Å². The number of thiazole rings is 1. The lowest BCUT2D eigenvalue weighted by Gasteiger charge is -2.27. The first kappa shape index (κ1) is 31.7. The fourth-order valence-corrected chi connectivity index (χ4v) is 5.95. The van der Waals surface area contributed by atoms with Crippen molar-refractivity contribution in [3.05, 3.63) is 101 Å². The second kappa shape index (κ2) is 15.3. The summed E-state index contributed by atoms with van der Waals surface area (Å²) in [5.41, 5.74) is 5.70. The van der Waals surface area contributed by atoms with Crippen molar-refractivity contribution >= 4 is 29.1 Å². The van der Waals surface area contributed by atoms with Crippen LogP contribution in [0.4, 0.5) is 0 Å². The molecule has 1 atom stereocenters. The normalized spacial score (nSPS) is 12.8. The Hall–Kier alpha value is -4.74. The standard InChI is InChI=1S/C34H36N4O6S/c1-43-31-21-35-30(45-31)20-36-33(40)32(24-9-5-4-6-10-24)38-22-26-13-12-25(19-28(26)34(38)41)23-14-16-27(17-15-23)44-18-8-3-2-7-11-29(39)37-42/h4-6,9-10,12-17,19,21,32,42H,2-3,7-8,11,18,20,22H2,1H3,(H,36,40)(H,37,39). The molecule has 0 radical (unpaired) electrons. The fourth-order valence-electron chi connectivity index (χ4n) is 5.28. The zero-order valence-corrected chi connectivity index (χ0v) is 25.8. The van der Waals surface area contributed by atoms with E-state index in [0.29, 0.717) is 35.2 Å². The van der Waals surface area contributed by atoms with Gasteiger partial charge in [0.05, 0.1) is 26.5 Å². The van der Waals surface area contributed by atoms with E-state index in [9.17, 15) is 14.4 Å². The van der Waals surface area contributed by atoms with Gasteiger partial charge in [0, 0.05) is 18.5 Å². The number of hydrogen-bond acceptors (Lipinski definition) is 8. The zero-order chi connectivity index (χ0) is 31.6. The number of benzene rings is 3. The molecule has 234 valence electrons. The van der Waals surface area contributed by atoms with Gasteiger partial charge in [-0.1, -0.05) is 78.8 Å². The number of rotatable bonds is 15. The average Bonchev–Trinajstić information content (AvgIpc) is 3.68. The molecule has 3 N–H and O–H groups in total. The smallest absolute Gasteiger partial charge is 0.255 e. The Morgan fingerprint density at radius 3 is 2.49 bits per heavy atom. The van der Waals surface area contributed by atoms with Gasteiger partial charge >= 0.3 is 0 Å². The van der Waals surface area contributed by atoms with Crippen molar-refractivity contribution in [1.82, 2.24) is 20.7 Å². The molecule has 0 saturated heterocycles. The molecule has 0 bridgehead atoms. The van der Waals surface area contributed by atoms with Gasteiger partial charge in [-0.15, -0.1) is 0 Å². The van der Waals surface area contributed by atoms with Crippen LogP contribution in [0.5, 0.6) is 10.8 Å². The van der Waals surface area contributed by atoms with E-state index in [1.54, 1.807) is 23.7 Å². The summed E-state index contributed by atoms with van der Waals surface area (Å²) in [4.78, 5) is 44.3. The first-order valence-electron chi connectivity index (χ1n) is 14.9. The number of carbonyl (C=O) groups excluding carboxylic acids is 3. The van der Waals surface area contributed by atoms with Crippen molar-refractivity contribution in [3.63, 3.8) is 0 Å². The number of hydroxylamine groups is 1. The summed E-state index contributed by atoms with van der Waals surface area (Å²) in [6.45, 7) is 1.14. The molecule has 3 amide bonds. The number of methoxy groups -OCH3 is 1. The SMILES string of the molecule is COc1cnc(CNC(=O)C(c2ccccc2)N2Cc3ccc(-c4ccc(OCCCCCCC(=O)NO)cc4)cc3C2=O)s1. The highest BCUT2D eigenvalue weighted by molar-refractivity contribution is 7.13. The van der Waals surface area contributed by atoms with Gasteiger partial charge in [-0.25, -0.2) is 10.5 Å². The number of amides is 3. The predicted molar refractivity (Wildman–Crippen MR) is 170 cm³/mol. The number of fused-ring (bicyclic) bond motifs is 1. The third-order valence-electron chi connectivity index (χ3n) is 7.64. The van der Waals surface area contributed by atoms with Crippen LogP contribution in [0.2, 0.25) is 0 Å². The maximum Gasteiger partial charge on any atom is 0.255 e. The van der Waals surface area contributed by atoms with Crippen LogP contribution in [0, 0.1) is 0 Å². The Morgan fingerprint density at radius 2 is 1.76 bits per heavy atom. The zero-order valence-electron chi connectivity index (χ0n) is 25.0. The minimum absolute atomic E-state index is 0.191. The molecule has 1 aromatic heterocycles. The number of nitrogens with one attached hydrogen (secondary N) is 2. The lowest BCUT2D eigenvalue weighted by Crippen LogP contribution is -2.40. The number of unbranched alkanes of at least 4 members (excludes halogenated alkanes) is 3. The first-order valence-corrected chi connectivity index (χ1v) is 15.7. The molecular formula is C34H36N4O6S. The van der Waals surface area contributed by atoms with Gasteiger partial charge in [-0.05, 0) is 53.3 Å². The number of ether oxygens (including phenoxy) is 2. The lowest BCUT2D eigenvalue weighted by atomic mass is 10.0. The molecule has 0 saturated carbocycles. The highest BCUT2D eigenvalue weighted by Gasteiger charge is 2.37. The molecule has 0 fully saturated rings. The van der Waals surface area contributed by atoms with Crippen LogP contribution in [-0.2, 0) is 22.7 Å². The van der Waals surface area contributed by atoms with Gasteiger partial charge < -0.3 is 19.7 Å². The van der Waals surface area contributed by atoms with Gasteiger partial charge in [0.15, 0.2) is 5.06 Å². The summed E-state index contributed by atoms with van der Waals surface area (Å²) < 4.78 is 11.1. The van der Waals surface area contributed by atoms with Crippen molar-refractivity contribution in [2.75, 3.05) is 13.7 Å². The van der Waals surface area contributed by atoms with Crippen molar-refractivity contribution in [2.45, 2.75) is 51.2 Å². The number of aromatic nitrogens is 1. The lowest BCUT2D eigenvalue weighted by molar-refractivity contribution is -0.129. The molecule has 1 unspecified atom stereocenters. The number of hydrogen-bond donors (Lipinski definition) is 3. The van der Waals surface area contributed by atoms with Crippen molar-refractivity contribution in [2.24, 2.45) is 0 Å². The third kappa shape index (κ3) is 8.05. The quantitative estimate of drug-likeness (QED) is 0.0879. The third-order valence-corrected chi connectivity index (χ3v) is 8.60. The summed E-state index contributed by atoms with van der Waals surface area (Å²) in [6.07, 6.45) is 5.36. The van der Waals surface area contributed by atoms with E-state index in [-0.39, 0.29) is 24.3 Å². The highest BCUT2D eigenvalue weighted by atomic mass is 32.1. The Morgan fingerprint density at radius 1 is 1.00 bits per heavy atom. The van der Waals surface area contributed by atoms with Gasteiger partial charge in [0.25, 0.3) is 5.91 Å². The molecular weight excluding hydrogens is 592 g/mol. The Balaban J connectivity index is 1.21. The molecule has 11 heteroatoms. The van der Waals surface area contributed by atoms with Crippen LogP contribution in [-0.4, -0.2) is 46.5 Å². The molecule has 1 aliphatic heterocycles. The van der Waals surface area contributed by atoms with E-state index < -0.39 is 6.04 Å². The van der Waals surface area contributed by atoms with Gasteiger partial charge in [-0.2, -0.15) is 0 Å². The van der Waals surface area contributed by atoms with Crippen LogP contribution < -0.4 is 20.3 Å². The molecule has 0 aliphatic carbocycles. The molecule has 2 heterocycles. The second-order valence-electron chi connectivity index (χ2n) is 10.7. The summed E-state index contributed by atoms with van der Waals surface area (Å²) >= 11 is 1.36. The Kier molecular flexibility index (Phi) is 10.8. The highest BCUT2D eigenvalue weighted by Crippen LogP contribution is 2.35. The van der Waals surface area contributed by atoms with Crippen LogP contribution in [0.1, 0.15) is 64.6 Å². The van der Waals surface area contributed by atoms with Crippen LogP contribution in [0.3, 0.4) is 0 Å².